The molecule has 0 unspecified atom stereocenters. The quantitative estimate of drug-likeness (QED) is 0.684. The van der Waals surface area contributed by atoms with E-state index in [9.17, 15) is 0 Å². The molecule has 0 bridgehead atoms. The summed E-state index contributed by atoms with van der Waals surface area (Å²) >= 11 is 0. The van der Waals surface area contributed by atoms with Crippen molar-refractivity contribution >= 4 is 0 Å². The Kier molecular flexibility index (Phi) is 2.97. The van der Waals surface area contributed by atoms with Crippen LogP contribution in [0.25, 0.3) is 11.1 Å². The monoisotopic (exact) mass is 227 g/mol. The highest BCUT2D eigenvalue weighted by molar-refractivity contribution is 5.62. The Labute approximate surface area is 103 Å². The van der Waals surface area contributed by atoms with Gasteiger partial charge in [-0.15, -0.1) is 0 Å². The molecule has 0 spiro atoms. The van der Waals surface area contributed by atoms with Crippen LogP contribution < -0.4 is 4.57 Å². The number of aromatic nitrogens is 2. The summed E-state index contributed by atoms with van der Waals surface area (Å²) in [5.41, 5.74) is 3.64. The molecule has 0 aliphatic heterocycles. The van der Waals surface area contributed by atoms with E-state index in [4.69, 9.17) is 0 Å². The fourth-order valence-corrected chi connectivity index (χ4v) is 1.79. The second kappa shape index (κ2) is 4.28. The summed E-state index contributed by atoms with van der Waals surface area (Å²) in [6.45, 7) is 8.61. The van der Waals surface area contributed by atoms with Crippen molar-refractivity contribution in [3.8, 4) is 11.1 Å². The molecule has 2 aromatic heterocycles. The highest BCUT2D eigenvalue weighted by atomic mass is 15.0. The Balaban J connectivity index is 2.36. The highest BCUT2D eigenvalue weighted by Gasteiger charge is 2.20. The molecule has 0 N–H and O–H groups in total. The van der Waals surface area contributed by atoms with E-state index in [1.807, 2.05) is 19.2 Å². The molecular weight excluding hydrogens is 208 g/mol. The molecule has 0 radical (unpaired) electrons. The van der Waals surface area contributed by atoms with Crippen molar-refractivity contribution in [2.24, 2.45) is 0 Å². The van der Waals surface area contributed by atoms with Crippen molar-refractivity contribution in [1.29, 1.82) is 0 Å². The Morgan fingerprint density at radius 1 is 1.00 bits per heavy atom. The average Bonchev–Trinajstić information content (AvgIpc) is 2.28. The van der Waals surface area contributed by atoms with Crippen molar-refractivity contribution < 1.29 is 4.57 Å². The minimum Gasteiger partial charge on any atom is -0.262 e. The van der Waals surface area contributed by atoms with Gasteiger partial charge in [0, 0.05) is 44.8 Å². The SMILES string of the molecule is Cc1cc(-c2cc[n+](C(C)(C)C)cc2)ccn1. The summed E-state index contributed by atoms with van der Waals surface area (Å²) in [4.78, 5) is 4.22. The van der Waals surface area contributed by atoms with Crippen LogP contribution in [0.4, 0.5) is 0 Å². The lowest BCUT2D eigenvalue weighted by molar-refractivity contribution is -0.754. The van der Waals surface area contributed by atoms with E-state index in [-0.39, 0.29) is 5.54 Å². The van der Waals surface area contributed by atoms with Gasteiger partial charge in [-0.05, 0) is 30.2 Å². The van der Waals surface area contributed by atoms with Gasteiger partial charge in [-0.2, -0.15) is 0 Å². The molecule has 0 saturated carbocycles. The fourth-order valence-electron chi connectivity index (χ4n) is 1.79. The van der Waals surface area contributed by atoms with Gasteiger partial charge in [-0.3, -0.25) is 4.98 Å². The van der Waals surface area contributed by atoms with Crippen LogP contribution in [-0.4, -0.2) is 4.98 Å². The number of aryl methyl sites for hydroxylation is 1. The number of rotatable bonds is 1. The van der Waals surface area contributed by atoms with Gasteiger partial charge in [-0.1, -0.05) is 0 Å². The van der Waals surface area contributed by atoms with Crippen LogP contribution in [0, 0.1) is 6.92 Å². The van der Waals surface area contributed by atoms with Gasteiger partial charge in [0.25, 0.3) is 0 Å². The predicted octanol–water partition coefficient (Wildman–Crippen LogP) is 3.10. The standard InChI is InChI=1S/C15H19N2/c1-12-11-14(5-8-16-12)13-6-9-17(10-7-13)15(2,3)4/h5-11H,1-4H3/q+1. The largest absolute Gasteiger partial charge is 0.262 e. The van der Waals surface area contributed by atoms with Crippen molar-refractivity contribution in [1.82, 2.24) is 4.98 Å². The topological polar surface area (TPSA) is 16.8 Å². The lowest BCUT2D eigenvalue weighted by atomic mass is 10.1. The van der Waals surface area contributed by atoms with E-state index in [1.54, 1.807) is 0 Å². The zero-order valence-corrected chi connectivity index (χ0v) is 10.9. The van der Waals surface area contributed by atoms with Crippen LogP contribution in [0.2, 0.25) is 0 Å². The third-order valence-electron chi connectivity index (χ3n) is 2.83. The predicted molar refractivity (Wildman–Crippen MR) is 69.6 cm³/mol. The summed E-state index contributed by atoms with van der Waals surface area (Å²) in [5, 5.41) is 0. The normalized spacial score (nSPS) is 11.5. The molecule has 0 amide bonds. The lowest BCUT2D eigenvalue weighted by Gasteiger charge is -2.13. The summed E-state index contributed by atoms with van der Waals surface area (Å²) in [7, 11) is 0. The van der Waals surface area contributed by atoms with Crippen molar-refractivity contribution in [3.05, 3.63) is 48.5 Å². The van der Waals surface area contributed by atoms with Gasteiger partial charge in [0.15, 0.2) is 17.9 Å². The third kappa shape index (κ3) is 2.70. The van der Waals surface area contributed by atoms with Crippen molar-refractivity contribution in [2.45, 2.75) is 33.2 Å². The molecule has 88 valence electrons. The van der Waals surface area contributed by atoms with E-state index in [0.29, 0.717) is 0 Å². The zero-order chi connectivity index (χ0) is 12.5. The first-order valence-electron chi connectivity index (χ1n) is 5.92. The Bertz CT molecular complexity index is 507. The first kappa shape index (κ1) is 11.8. The molecule has 0 atom stereocenters. The smallest absolute Gasteiger partial charge is 0.169 e. The maximum atomic E-state index is 4.22. The lowest BCUT2D eigenvalue weighted by Crippen LogP contribution is -2.49. The maximum absolute atomic E-state index is 4.22. The molecule has 0 aliphatic carbocycles. The summed E-state index contributed by atoms with van der Waals surface area (Å²) < 4.78 is 2.21. The van der Waals surface area contributed by atoms with E-state index in [0.717, 1.165) is 5.69 Å². The molecule has 17 heavy (non-hydrogen) atoms. The van der Waals surface area contributed by atoms with Gasteiger partial charge >= 0.3 is 0 Å². The molecule has 2 aromatic rings. The molecule has 2 heteroatoms. The summed E-state index contributed by atoms with van der Waals surface area (Å²) in [6, 6.07) is 8.46. The van der Waals surface area contributed by atoms with Crippen LogP contribution in [0.1, 0.15) is 26.5 Å². The minimum absolute atomic E-state index is 0.132. The van der Waals surface area contributed by atoms with Crippen LogP contribution in [0.5, 0.6) is 0 Å². The molecule has 2 heterocycles. The average molecular weight is 227 g/mol. The molecule has 0 aromatic carbocycles. The number of hydrogen-bond acceptors (Lipinski definition) is 1. The van der Waals surface area contributed by atoms with Crippen LogP contribution in [0.3, 0.4) is 0 Å². The van der Waals surface area contributed by atoms with Crippen LogP contribution in [0.15, 0.2) is 42.9 Å². The molecule has 0 aliphatic rings. The van der Waals surface area contributed by atoms with Crippen LogP contribution >= 0.6 is 0 Å². The zero-order valence-electron chi connectivity index (χ0n) is 10.9. The number of hydrogen-bond donors (Lipinski definition) is 0. The summed E-state index contributed by atoms with van der Waals surface area (Å²) in [5.74, 6) is 0. The van der Waals surface area contributed by atoms with Gasteiger partial charge in [0.05, 0.1) is 0 Å². The molecular formula is C15H19N2+. The van der Waals surface area contributed by atoms with Crippen LogP contribution in [-0.2, 0) is 5.54 Å². The second-order valence-electron chi connectivity index (χ2n) is 5.35. The molecule has 2 rings (SSSR count). The number of nitrogens with zero attached hydrogens (tertiary/aromatic N) is 2. The van der Waals surface area contributed by atoms with E-state index in [2.05, 4.69) is 60.9 Å². The fraction of sp³-hybridized carbons (Fsp3) is 0.333. The van der Waals surface area contributed by atoms with Crippen molar-refractivity contribution in [3.63, 3.8) is 0 Å². The van der Waals surface area contributed by atoms with Gasteiger partial charge < -0.3 is 0 Å². The molecule has 0 fully saturated rings. The Hall–Kier alpha value is -1.70. The first-order valence-corrected chi connectivity index (χ1v) is 5.92. The van der Waals surface area contributed by atoms with E-state index < -0.39 is 0 Å². The first-order chi connectivity index (χ1) is 7.97. The molecule has 0 saturated heterocycles. The second-order valence-corrected chi connectivity index (χ2v) is 5.35. The molecule has 2 nitrogen and oxygen atoms in total. The summed E-state index contributed by atoms with van der Waals surface area (Å²) in [6.07, 6.45) is 6.12. The van der Waals surface area contributed by atoms with Gasteiger partial charge in [-0.25, -0.2) is 4.57 Å². The minimum atomic E-state index is 0.132. The van der Waals surface area contributed by atoms with E-state index in [1.165, 1.54) is 11.1 Å². The van der Waals surface area contributed by atoms with Crippen molar-refractivity contribution in [2.75, 3.05) is 0 Å². The third-order valence-corrected chi connectivity index (χ3v) is 2.83. The van der Waals surface area contributed by atoms with E-state index >= 15 is 0 Å². The highest BCUT2D eigenvalue weighted by Crippen LogP contribution is 2.18. The van der Waals surface area contributed by atoms with Gasteiger partial charge in [0.1, 0.15) is 0 Å². The number of pyridine rings is 2. The maximum Gasteiger partial charge on any atom is 0.169 e. The van der Waals surface area contributed by atoms with Gasteiger partial charge in [0.2, 0.25) is 0 Å². The Morgan fingerprint density at radius 3 is 2.18 bits per heavy atom. The Morgan fingerprint density at radius 2 is 1.65 bits per heavy atom.